The summed E-state index contributed by atoms with van der Waals surface area (Å²) in [6.07, 6.45) is 3.92. The summed E-state index contributed by atoms with van der Waals surface area (Å²) < 4.78 is 4.92. The van der Waals surface area contributed by atoms with E-state index in [4.69, 9.17) is 4.74 Å². The number of ether oxygens (including phenoxy) is 1. The van der Waals surface area contributed by atoms with Gasteiger partial charge in [-0.3, -0.25) is 0 Å². The predicted molar refractivity (Wildman–Crippen MR) is 38.5 cm³/mol. The number of rotatable bonds is 1. The molecule has 0 radical (unpaired) electrons. The summed E-state index contributed by atoms with van der Waals surface area (Å²) in [5, 5.41) is 0. The lowest BCUT2D eigenvalue weighted by atomic mass is 10.1. The molecule has 1 rings (SSSR count). The molecule has 0 fully saturated rings. The first-order valence-corrected chi connectivity index (χ1v) is 3.22. The first-order chi connectivity index (χ1) is 4.70. The molecule has 2 nitrogen and oxygen atoms in total. The molecule has 0 N–H and O–H groups in total. The van der Waals surface area contributed by atoms with Crippen LogP contribution < -0.4 is 0 Å². The number of carbonyl (C=O) groups excluding carboxylic acids is 1. The van der Waals surface area contributed by atoms with Gasteiger partial charge in [-0.05, 0) is 12.5 Å². The Hall–Kier alpha value is -1.05. The smallest absolute Gasteiger partial charge is 0.331 e. The second kappa shape index (κ2) is 2.69. The van der Waals surface area contributed by atoms with Gasteiger partial charge in [0.25, 0.3) is 0 Å². The van der Waals surface area contributed by atoms with E-state index in [0.29, 0.717) is 0 Å². The SMILES string of the molecule is C=C(C)C1CC=CC(=O)O1. The molecule has 0 aromatic carbocycles. The summed E-state index contributed by atoms with van der Waals surface area (Å²) in [5.41, 5.74) is 0.901. The second-order valence-electron chi connectivity index (χ2n) is 2.41. The molecule has 0 bridgehead atoms. The van der Waals surface area contributed by atoms with Crippen molar-refractivity contribution in [3.05, 3.63) is 24.3 Å². The summed E-state index contributed by atoms with van der Waals surface area (Å²) in [4.78, 5) is 10.6. The summed E-state index contributed by atoms with van der Waals surface area (Å²) in [6.45, 7) is 5.56. The molecular formula is C8H10O2. The minimum Gasteiger partial charge on any atom is -0.454 e. The average molecular weight is 138 g/mol. The number of carbonyl (C=O) groups is 1. The summed E-state index contributed by atoms with van der Waals surface area (Å²) in [6, 6.07) is 0. The highest BCUT2D eigenvalue weighted by molar-refractivity contribution is 5.83. The van der Waals surface area contributed by atoms with Gasteiger partial charge in [0.1, 0.15) is 6.10 Å². The summed E-state index contributed by atoms with van der Waals surface area (Å²) in [5.74, 6) is -0.265. The van der Waals surface area contributed by atoms with E-state index in [1.165, 1.54) is 6.08 Å². The largest absolute Gasteiger partial charge is 0.454 e. The van der Waals surface area contributed by atoms with Gasteiger partial charge < -0.3 is 4.74 Å². The first kappa shape index (κ1) is 7.06. The Labute approximate surface area is 60.2 Å². The third kappa shape index (κ3) is 1.47. The van der Waals surface area contributed by atoms with E-state index in [9.17, 15) is 4.79 Å². The van der Waals surface area contributed by atoms with Crippen LogP contribution in [-0.4, -0.2) is 12.1 Å². The maximum Gasteiger partial charge on any atom is 0.331 e. The fraction of sp³-hybridized carbons (Fsp3) is 0.375. The van der Waals surface area contributed by atoms with Gasteiger partial charge in [-0.25, -0.2) is 4.79 Å². The van der Waals surface area contributed by atoms with Crippen LogP contribution in [0.1, 0.15) is 13.3 Å². The van der Waals surface area contributed by atoms with Crippen molar-refractivity contribution in [2.24, 2.45) is 0 Å². The zero-order valence-corrected chi connectivity index (χ0v) is 5.96. The van der Waals surface area contributed by atoms with Gasteiger partial charge in [-0.2, -0.15) is 0 Å². The van der Waals surface area contributed by atoms with Crippen molar-refractivity contribution in [1.29, 1.82) is 0 Å². The normalized spacial score (nSPS) is 24.1. The van der Waals surface area contributed by atoms with Crippen molar-refractivity contribution in [2.45, 2.75) is 19.4 Å². The van der Waals surface area contributed by atoms with Crippen molar-refractivity contribution < 1.29 is 9.53 Å². The lowest BCUT2D eigenvalue weighted by Gasteiger charge is -2.17. The molecule has 10 heavy (non-hydrogen) atoms. The van der Waals surface area contributed by atoms with Crippen LogP contribution in [0.2, 0.25) is 0 Å². The van der Waals surface area contributed by atoms with Crippen LogP contribution in [0.3, 0.4) is 0 Å². The van der Waals surface area contributed by atoms with Crippen molar-refractivity contribution in [2.75, 3.05) is 0 Å². The van der Waals surface area contributed by atoms with Gasteiger partial charge in [0.2, 0.25) is 0 Å². The van der Waals surface area contributed by atoms with Gasteiger partial charge in [-0.1, -0.05) is 12.7 Å². The Kier molecular flexibility index (Phi) is 1.90. The molecule has 0 aromatic heterocycles. The number of cyclic esters (lactones) is 1. The van der Waals surface area contributed by atoms with Gasteiger partial charge in [0, 0.05) is 12.5 Å². The third-order valence-corrected chi connectivity index (χ3v) is 1.41. The zero-order chi connectivity index (χ0) is 7.56. The van der Waals surface area contributed by atoms with Crippen LogP contribution in [0.25, 0.3) is 0 Å². The van der Waals surface area contributed by atoms with Crippen LogP contribution in [0, 0.1) is 0 Å². The fourth-order valence-electron chi connectivity index (χ4n) is 0.817. The highest BCUT2D eigenvalue weighted by Gasteiger charge is 2.15. The molecule has 0 saturated carbocycles. The highest BCUT2D eigenvalue weighted by Crippen LogP contribution is 2.13. The van der Waals surface area contributed by atoms with E-state index >= 15 is 0 Å². The molecular weight excluding hydrogens is 128 g/mol. The van der Waals surface area contributed by atoms with Crippen LogP contribution in [0.5, 0.6) is 0 Å². The Morgan fingerprint density at radius 1 is 1.90 bits per heavy atom. The molecule has 1 aliphatic heterocycles. The van der Waals surface area contributed by atoms with E-state index in [1.807, 2.05) is 13.0 Å². The van der Waals surface area contributed by atoms with Crippen LogP contribution >= 0.6 is 0 Å². The monoisotopic (exact) mass is 138 g/mol. The number of hydrogen-bond donors (Lipinski definition) is 0. The minimum atomic E-state index is -0.265. The van der Waals surface area contributed by atoms with Crippen LogP contribution in [0.15, 0.2) is 24.3 Å². The maximum absolute atomic E-state index is 10.6. The van der Waals surface area contributed by atoms with Gasteiger partial charge in [0.05, 0.1) is 0 Å². The molecule has 0 saturated heterocycles. The fourth-order valence-corrected chi connectivity index (χ4v) is 0.817. The van der Waals surface area contributed by atoms with Crippen LogP contribution in [-0.2, 0) is 9.53 Å². The van der Waals surface area contributed by atoms with E-state index < -0.39 is 0 Å². The van der Waals surface area contributed by atoms with E-state index in [-0.39, 0.29) is 12.1 Å². The van der Waals surface area contributed by atoms with Gasteiger partial charge >= 0.3 is 5.97 Å². The van der Waals surface area contributed by atoms with Crippen molar-refractivity contribution in [3.8, 4) is 0 Å². The summed E-state index contributed by atoms with van der Waals surface area (Å²) in [7, 11) is 0. The molecule has 2 heteroatoms. The Morgan fingerprint density at radius 3 is 3.00 bits per heavy atom. The quantitative estimate of drug-likeness (QED) is 0.404. The molecule has 1 unspecified atom stereocenters. The second-order valence-corrected chi connectivity index (χ2v) is 2.41. The molecule has 1 heterocycles. The molecule has 54 valence electrons. The maximum atomic E-state index is 10.6. The molecule has 0 aromatic rings. The van der Waals surface area contributed by atoms with E-state index in [2.05, 4.69) is 6.58 Å². The van der Waals surface area contributed by atoms with E-state index in [1.54, 1.807) is 0 Å². The van der Waals surface area contributed by atoms with E-state index in [0.717, 1.165) is 12.0 Å². The Morgan fingerprint density at radius 2 is 2.60 bits per heavy atom. The number of hydrogen-bond acceptors (Lipinski definition) is 2. The Bertz CT molecular complexity index is 191. The number of esters is 1. The first-order valence-electron chi connectivity index (χ1n) is 3.22. The zero-order valence-electron chi connectivity index (χ0n) is 5.96. The standard InChI is InChI=1S/C8H10O2/c1-6(2)7-4-3-5-8(9)10-7/h3,5,7H,1,4H2,2H3. The van der Waals surface area contributed by atoms with Gasteiger partial charge in [-0.15, -0.1) is 0 Å². The molecule has 1 aliphatic rings. The lowest BCUT2D eigenvalue weighted by Crippen LogP contribution is -2.20. The van der Waals surface area contributed by atoms with Gasteiger partial charge in [0.15, 0.2) is 0 Å². The molecule has 0 spiro atoms. The molecule has 0 aliphatic carbocycles. The van der Waals surface area contributed by atoms with Crippen molar-refractivity contribution in [1.82, 2.24) is 0 Å². The average Bonchev–Trinajstić information content (AvgIpc) is 1.88. The summed E-state index contributed by atoms with van der Waals surface area (Å²) >= 11 is 0. The van der Waals surface area contributed by atoms with Crippen molar-refractivity contribution >= 4 is 5.97 Å². The molecule has 1 atom stereocenters. The highest BCUT2D eigenvalue weighted by atomic mass is 16.5. The van der Waals surface area contributed by atoms with Crippen molar-refractivity contribution in [3.63, 3.8) is 0 Å². The predicted octanol–water partition coefficient (Wildman–Crippen LogP) is 1.43. The third-order valence-electron chi connectivity index (χ3n) is 1.41. The lowest BCUT2D eigenvalue weighted by molar-refractivity contribution is -0.142. The van der Waals surface area contributed by atoms with Crippen LogP contribution in [0.4, 0.5) is 0 Å². The molecule has 0 amide bonds. The topological polar surface area (TPSA) is 26.3 Å². The Balaban J connectivity index is 2.60. The minimum absolute atomic E-state index is 0.0995.